The number of benzene rings is 1. The Bertz CT molecular complexity index is 700. The third-order valence-corrected chi connectivity index (χ3v) is 4.45. The molecule has 0 unspecified atom stereocenters. The molecule has 0 spiro atoms. The van der Waals surface area contributed by atoms with Crippen molar-refractivity contribution in [2.45, 2.75) is 19.9 Å². The molecule has 150 valence electrons. The van der Waals surface area contributed by atoms with Crippen LogP contribution in [0.4, 0.5) is 0 Å². The third-order valence-electron chi connectivity index (χ3n) is 4.45. The molecule has 0 aliphatic carbocycles. The average molecular weight is 416 g/mol. The maximum Gasteiger partial charge on any atom is 0.241 e. The lowest BCUT2D eigenvalue weighted by atomic mass is 10.1. The molecular formula is C18H27Cl2N5O2. The number of aryl methyl sites for hydroxylation is 1. The highest BCUT2D eigenvalue weighted by atomic mass is 35.5. The molecule has 1 aliphatic rings. The van der Waals surface area contributed by atoms with E-state index in [1.54, 1.807) is 0 Å². The maximum absolute atomic E-state index is 12.0. The molecule has 1 N–H and O–H groups in total. The molecule has 7 nitrogen and oxygen atoms in total. The summed E-state index contributed by atoms with van der Waals surface area (Å²) in [6, 6.07) is 8.07. The van der Waals surface area contributed by atoms with E-state index >= 15 is 0 Å². The summed E-state index contributed by atoms with van der Waals surface area (Å²) in [6.45, 7) is 6.55. The molecule has 1 aliphatic heterocycles. The molecule has 2 aromatic rings. The van der Waals surface area contributed by atoms with E-state index in [2.05, 4.69) is 27.3 Å². The van der Waals surface area contributed by atoms with Crippen LogP contribution in [0.15, 0.2) is 28.8 Å². The van der Waals surface area contributed by atoms with Crippen LogP contribution in [-0.4, -0.2) is 65.6 Å². The lowest BCUT2D eigenvalue weighted by Gasteiger charge is -2.34. The minimum absolute atomic E-state index is 0. The first-order valence-corrected chi connectivity index (χ1v) is 8.70. The Morgan fingerprint density at radius 2 is 1.81 bits per heavy atom. The Kier molecular flexibility index (Phi) is 9.73. The third kappa shape index (κ3) is 6.46. The Balaban J connectivity index is 0.00000182. The summed E-state index contributed by atoms with van der Waals surface area (Å²) in [5.74, 6) is 1.45. The van der Waals surface area contributed by atoms with Gasteiger partial charge < -0.3 is 14.7 Å². The van der Waals surface area contributed by atoms with Gasteiger partial charge in [-0.15, -0.1) is 24.8 Å². The number of carbonyl (C=O) groups excluding carboxylic acids is 1. The van der Waals surface area contributed by atoms with E-state index in [0.717, 1.165) is 38.3 Å². The molecule has 2 heterocycles. The van der Waals surface area contributed by atoms with E-state index in [-0.39, 0.29) is 30.7 Å². The van der Waals surface area contributed by atoms with Crippen molar-refractivity contribution < 1.29 is 9.32 Å². The maximum atomic E-state index is 12.0. The number of hydrogen-bond donors (Lipinski definition) is 1. The van der Waals surface area contributed by atoms with E-state index in [0.29, 0.717) is 24.7 Å². The minimum atomic E-state index is 0. The number of amides is 1. The monoisotopic (exact) mass is 415 g/mol. The van der Waals surface area contributed by atoms with Crippen molar-refractivity contribution in [1.82, 2.24) is 25.3 Å². The molecule has 0 saturated carbocycles. The summed E-state index contributed by atoms with van der Waals surface area (Å²) in [6.07, 6.45) is 0.556. The van der Waals surface area contributed by atoms with Gasteiger partial charge in [-0.1, -0.05) is 35.0 Å². The molecular weight excluding hydrogens is 389 g/mol. The standard InChI is InChI=1S/C18H25N5O2.2ClH/c1-14-3-5-15(6-4-14)18-20-16(25-21-18)13-22-9-11-23(12-10-22)17(24)7-8-19-2;;/h3-6,19H,7-13H2,1-2H3;2*1H. The summed E-state index contributed by atoms with van der Waals surface area (Å²) in [4.78, 5) is 20.7. The number of carbonyl (C=O) groups is 1. The fourth-order valence-corrected chi connectivity index (χ4v) is 2.88. The van der Waals surface area contributed by atoms with E-state index < -0.39 is 0 Å². The molecule has 1 aromatic carbocycles. The SMILES string of the molecule is CNCCC(=O)N1CCN(Cc2nc(-c3ccc(C)cc3)no2)CC1.Cl.Cl. The van der Waals surface area contributed by atoms with Crippen molar-refractivity contribution in [3.8, 4) is 11.4 Å². The first-order chi connectivity index (χ1) is 12.2. The molecule has 9 heteroatoms. The summed E-state index contributed by atoms with van der Waals surface area (Å²) in [7, 11) is 1.86. The van der Waals surface area contributed by atoms with E-state index in [1.165, 1.54) is 5.56 Å². The van der Waals surface area contributed by atoms with Crippen LogP contribution >= 0.6 is 24.8 Å². The van der Waals surface area contributed by atoms with Crippen molar-refractivity contribution >= 4 is 30.7 Å². The number of hydrogen-bond acceptors (Lipinski definition) is 6. The number of nitrogens with one attached hydrogen (secondary N) is 1. The van der Waals surface area contributed by atoms with E-state index in [1.807, 2.05) is 36.2 Å². The lowest BCUT2D eigenvalue weighted by molar-refractivity contribution is -0.132. The Labute approximate surface area is 172 Å². The van der Waals surface area contributed by atoms with Crippen LogP contribution in [-0.2, 0) is 11.3 Å². The van der Waals surface area contributed by atoms with Crippen molar-refractivity contribution in [2.24, 2.45) is 0 Å². The lowest BCUT2D eigenvalue weighted by Crippen LogP contribution is -2.48. The fourth-order valence-electron chi connectivity index (χ4n) is 2.88. The molecule has 27 heavy (non-hydrogen) atoms. The van der Waals surface area contributed by atoms with Gasteiger partial charge in [0.1, 0.15) is 0 Å². The van der Waals surface area contributed by atoms with E-state index in [4.69, 9.17) is 4.52 Å². The van der Waals surface area contributed by atoms with Crippen LogP contribution < -0.4 is 5.32 Å². The van der Waals surface area contributed by atoms with Gasteiger partial charge in [-0.05, 0) is 14.0 Å². The highest BCUT2D eigenvalue weighted by Crippen LogP contribution is 2.17. The van der Waals surface area contributed by atoms with Gasteiger partial charge in [-0.25, -0.2) is 0 Å². The summed E-state index contributed by atoms with van der Waals surface area (Å²) >= 11 is 0. The number of aromatic nitrogens is 2. The zero-order valence-electron chi connectivity index (χ0n) is 15.7. The quantitative estimate of drug-likeness (QED) is 0.778. The second-order valence-corrected chi connectivity index (χ2v) is 6.39. The first-order valence-electron chi connectivity index (χ1n) is 8.70. The van der Waals surface area contributed by atoms with Gasteiger partial charge in [0.25, 0.3) is 0 Å². The predicted molar refractivity (Wildman–Crippen MR) is 109 cm³/mol. The van der Waals surface area contributed by atoms with Gasteiger partial charge in [0.15, 0.2) is 0 Å². The largest absolute Gasteiger partial charge is 0.340 e. The molecule has 0 atom stereocenters. The van der Waals surface area contributed by atoms with E-state index in [9.17, 15) is 4.79 Å². The first kappa shape index (κ1) is 23.4. The van der Waals surface area contributed by atoms with Gasteiger partial charge in [0.05, 0.1) is 6.54 Å². The van der Waals surface area contributed by atoms with Crippen LogP contribution in [0.3, 0.4) is 0 Å². The average Bonchev–Trinajstić information content (AvgIpc) is 3.09. The van der Waals surface area contributed by atoms with Crippen LogP contribution in [0.25, 0.3) is 11.4 Å². The van der Waals surface area contributed by atoms with Crippen LogP contribution in [0.1, 0.15) is 17.9 Å². The van der Waals surface area contributed by atoms with Gasteiger partial charge in [-0.2, -0.15) is 4.98 Å². The molecule has 1 fully saturated rings. The topological polar surface area (TPSA) is 74.5 Å². The van der Waals surface area contributed by atoms with Crippen molar-refractivity contribution in [2.75, 3.05) is 39.8 Å². The van der Waals surface area contributed by atoms with Crippen LogP contribution in [0, 0.1) is 6.92 Å². The van der Waals surface area contributed by atoms with Crippen LogP contribution in [0.2, 0.25) is 0 Å². The van der Waals surface area contributed by atoms with Gasteiger partial charge in [-0.3, -0.25) is 9.69 Å². The van der Waals surface area contributed by atoms with Gasteiger partial charge in [0, 0.05) is 44.7 Å². The minimum Gasteiger partial charge on any atom is -0.340 e. The molecule has 1 amide bonds. The molecule has 0 radical (unpaired) electrons. The Morgan fingerprint density at radius 1 is 1.15 bits per heavy atom. The summed E-state index contributed by atoms with van der Waals surface area (Å²) < 4.78 is 5.39. The zero-order chi connectivity index (χ0) is 17.6. The summed E-state index contributed by atoms with van der Waals surface area (Å²) in [5.41, 5.74) is 2.16. The predicted octanol–water partition coefficient (Wildman–Crippen LogP) is 2.14. The smallest absolute Gasteiger partial charge is 0.241 e. The molecule has 3 rings (SSSR count). The number of piperazine rings is 1. The highest BCUT2D eigenvalue weighted by Gasteiger charge is 2.22. The van der Waals surface area contributed by atoms with Crippen molar-refractivity contribution in [3.05, 3.63) is 35.7 Å². The highest BCUT2D eigenvalue weighted by molar-refractivity contribution is 5.85. The molecule has 0 bridgehead atoms. The van der Waals surface area contributed by atoms with Crippen molar-refractivity contribution in [3.63, 3.8) is 0 Å². The fraction of sp³-hybridized carbons (Fsp3) is 0.500. The second-order valence-electron chi connectivity index (χ2n) is 6.39. The summed E-state index contributed by atoms with van der Waals surface area (Å²) in [5, 5.41) is 7.09. The van der Waals surface area contributed by atoms with Gasteiger partial charge in [0.2, 0.25) is 17.6 Å². The second kappa shape index (κ2) is 11.2. The normalized spacial score (nSPS) is 14.4. The van der Waals surface area contributed by atoms with Crippen LogP contribution in [0.5, 0.6) is 0 Å². The Morgan fingerprint density at radius 3 is 2.44 bits per heavy atom. The number of nitrogens with zero attached hydrogens (tertiary/aromatic N) is 4. The molecule has 1 saturated heterocycles. The number of rotatable bonds is 6. The van der Waals surface area contributed by atoms with Gasteiger partial charge >= 0.3 is 0 Å². The van der Waals surface area contributed by atoms with Crippen molar-refractivity contribution in [1.29, 1.82) is 0 Å². The molecule has 1 aromatic heterocycles. The zero-order valence-corrected chi connectivity index (χ0v) is 17.3. The Hall–Kier alpha value is -1.67. The number of halogens is 2.